The van der Waals surface area contributed by atoms with Gasteiger partial charge in [-0.25, -0.2) is 0 Å². The van der Waals surface area contributed by atoms with Gasteiger partial charge in [-0.2, -0.15) is 0 Å². The SMILES string of the molecule is CCNC(=NCC(C)c1cccs1)NCC(O)c1ccc(Cl)s1. The molecule has 2 atom stereocenters. The van der Waals surface area contributed by atoms with Crippen molar-refractivity contribution in [3.63, 3.8) is 0 Å². The molecule has 2 aromatic rings. The lowest BCUT2D eigenvalue weighted by atomic mass is 10.1. The minimum atomic E-state index is -0.592. The summed E-state index contributed by atoms with van der Waals surface area (Å²) in [4.78, 5) is 6.79. The van der Waals surface area contributed by atoms with Crippen LogP contribution in [0.3, 0.4) is 0 Å². The molecule has 2 rings (SSSR count). The van der Waals surface area contributed by atoms with E-state index in [1.807, 2.05) is 13.0 Å². The first-order chi connectivity index (χ1) is 11.1. The molecule has 0 saturated carbocycles. The lowest BCUT2D eigenvalue weighted by Gasteiger charge is -2.15. The molecule has 0 radical (unpaired) electrons. The number of aliphatic hydroxyl groups excluding tert-OH is 1. The first kappa shape index (κ1) is 18.3. The summed E-state index contributed by atoms with van der Waals surface area (Å²) in [6, 6.07) is 7.84. The van der Waals surface area contributed by atoms with E-state index in [0.29, 0.717) is 23.3 Å². The van der Waals surface area contributed by atoms with Gasteiger partial charge in [-0.15, -0.1) is 22.7 Å². The van der Waals surface area contributed by atoms with Gasteiger partial charge in [0.15, 0.2) is 5.96 Å². The van der Waals surface area contributed by atoms with Gasteiger partial charge in [-0.1, -0.05) is 24.6 Å². The molecule has 23 heavy (non-hydrogen) atoms. The van der Waals surface area contributed by atoms with Gasteiger partial charge in [0.05, 0.1) is 10.9 Å². The third-order valence-electron chi connectivity index (χ3n) is 3.28. The van der Waals surface area contributed by atoms with Gasteiger partial charge in [-0.05, 0) is 30.5 Å². The number of thiophene rings is 2. The topological polar surface area (TPSA) is 56.7 Å². The third-order valence-corrected chi connectivity index (χ3v) is 5.72. The summed E-state index contributed by atoms with van der Waals surface area (Å²) in [6.07, 6.45) is -0.592. The van der Waals surface area contributed by atoms with E-state index < -0.39 is 6.10 Å². The van der Waals surface area contributed by atoms with Gasteiger partial charge < -0.3 is 15.7 Å². The van der Waals surface area contributed by atoms with Crippen LogP contribution in [0.4, 0.5) is 0 Å². The van der Waals surface area contributed by atoms with Crippen LogP contribution in [0.5, 0.6) is 0 Å². The van der Waals surface area contributed by atoms with Crippen molar-refractivity contribution in [3.05, 3.63) is 43.7 Å². The molecule has 0 spiro atoms. The largest absolute Gasteiger partial charge is 0.386 e. The molecule has 2 aromatic heterocycles. The Morgan fingerprint density at radius 3 is 2.74 bits per heavy atom. The van der Waals surface area contributed by atoms with Gasteiger partial charge >= 0.3 is 0 Å². The summed E-state index contributed by atoms with van der Waals surface area (Å²) in [5.41, 5.74) is 0. The second-order valence-electron chi connectivity index (χ2n) is 5.17. The molecule has 126 valence electrons. The Morgan fingerprint density at radius 2 is 2.13 bits per heavy atom. The fraction of sp³-hybridized carbons (Fsp3) is 0.438. The van der Waals surface area contributed by atoms with E-state index in [0.717, 1.165) is 17.4 Å². The van der Waals surface area contributed by atoms with Crippen molar-refractivity contribution in [2.75, 3.05) is 19.6 Å². The number of hydrogen-bond acceptors (Lipinski definition) is 4. The maximum atomic E-state index is 10.2. The average molecular weight is 372 g/mol. The van der Waals surface area contributed by atoms with Crippen LogP contribution >= 0.6 is 34.3 Å². The summed E-state index contributed by atoms with van der Waals surface area (Å²) < 4.78 is 0.685. The Hall–Kier alpha value is -1.08. The molecule has 0 aliphatic rings. The number of rotatable bonds is 7. The maximum absolute atomic E-state index is 10.2. The molecule has 2 unspecified atom stereocenters. The van der Waals surface area contributed by atoms with Crippen LogP contribution in [0.2, 0.25) is 4.34 Å². The predicted octanol–water partition coefficient (Wildman–Crippen LogP) is 3.86. The summed E-state index contributed by atoms with van der Waals surface area (Å²) in [5.74, 6) is 1.10. The van der Waals surface area contributed by atoms with Gasteiger partial charge in [-0.3, -0.25) is 4.99 Å². The highest BCUT2D eigenvalue weighted by Crippen LogP contribution is 2.26. The molecule has 7 heteroatoms. The zero-order valence-corrected chi connectivity index (χ0v) is 15.6. The Balaban J connectivity index is 1.88. The van der Waals surface area contributed by atoms with Crippen molar-refractivity contribution in [1.29, 1.82) is 0 Å². The zero-order valence-electron chi connectivity index (χ0n) is 13.3. The monoisotopic (exact) mass is 371 g/mol. The van der Waals surface area contributed by atoms with Gasteiger partial charge in [0.1, 0.15) is 6.10 Å². The normalized spacial score (nSPS) is 14.5. The lowest BCUT2D eigenvalue weighted by Crippen LogP contribution is -2.39. The first-order valence-electron chi connectivity index (χ1n) is 7.59. The predicted molar refractivity (Wildman–Crippen MR) is 101 cm³/mol. The summed E-state index contributed by atoms with van der Waals surface area (Å²) in [6.45, 7) is 6.07. The summed E-state index contributed by atoms with van der Waals surface area (Å²) >= 11 is 9.05. The third kappa shape index (κ3) is 5.80. The molecular weight excluding hydrogens is 350 g/mol. The molecule has 2 heterocycles. The Bertz CT molecular complexity index is 613. The molecule has 0 bridgehead atoms. The van der Waals surface area contributed by atoms with Gasteiger partial charge in [0.2, 0.25) is 0 Å². The minimum Gasteiger partial charge on any atom is -0.386 e. The molecular formula is C16H22ClN3OS2. The fourth-order valence-corrected chi connectivity index (χ4v) is 3.86. The fourth-order valence-electron chi connectivity index (χ4n) is 2.03. The van der Waals surface area contributed by atoms with Gasteiger partial charge in [0, 0.05) is 28.8 Å². The van der Waals surface area contributed by atoms with E-state index >= 15 is 0 Å². The molecule has 0 amide bonds. The number of halogens is 1. The number of guanidine groups is 1. The van der Waals surface area contributed by atoms with Crippen molar-refractivity contribution in [1.82, 2.24) is 10.6 Å². The van der Waals surface area contributed by atoms with E-state index in [2.05, 4.69) is 40.1 Å². The van der Waals surface area contributed by atoms with Crippen LogP contribution in [0.1, 0.15) is 35.6 Å². The quantitative estimate of drug-likeness (QED) is 0.511. The number of hydrogen-bond donors (Lipinski definition) is 3. The van der Waals surface area contributed by atoms with E-state index in [9.17, 15) is 5.11 Å². The average Bonchev–Trinajstić information content (AvgIpc) is 3.20. The summed E-state index contributed by atoms with van der Waals surface area (Å²) in [7, 11) is 0. The van der Waals surface area contributed by atoms with Gasteiger partial charge in [0.25, 0.3) is 0 Å². The van der Waals surface area contributed by atoms with Crippen molar-refractivity contribution >= 4 is 40.2 Å². The molecule has 0 saturated heterocycles. The molecule has 3 N–H and O–H groups in total. The molecule has 4 nitrogen and oxygen atoms in total. The summed E-state index contributed by atoms with van der Waals surface area (Å²) in [5, 5.41) is 18.7. The molecule has 0 aromatic carbocycles. The zero-order chi connectivity index (χ0) is 16.7. The van der Waals surface area contributed by atoms with Crippen LogP contribution in [-0.4, -0.2) is 30.7 Å². The lowest BCUT2D eigenvalue weighted by molar-refractivity contribution is 0.184. The smallest absolute Gasteiger partial charge is 0.191 e. The molecule has 0 fully saturated rings. The van der Waals surface area contributed by atoms with Crippen molar-refractivity contribution in [2.45, 2.75) is 25.9 Å². The number of nitrogens with one attached hydrogen (secondary N) is 2. The van der Waals surface area contributed by atoms with E-state index in [4.69, 9.17) is 11.6 Å². The van der Waals surface area contributed by atoms with Crippen molar-refractivity contribution in [2.24, 2.45) is 4.99 Å². The Kier molecular flexibility index (Phi) is 7.36. The molecule has 0 aliphatic heterocycles. The van der Waals surface area contributed by atoms with Crippen molar-refractivity contribution in [3.8, 4) is 0 Å². The second kappa shape index (κ2) is 9.27. The van der Waals surface area contributed by atoms with Crippen molar-refractivity contribution < 1.29 is 5.11 Å². The number of aliphatic hydroxyl groups is 1. The van der Waals surface area contributed by atoms with Crippen LogP contribution in [0, 0.1) is 0 Å². The highest BCUT2D eigenvalue weighted by molar-refractivity contribution is 7.16. The highest BCUT2D eigenvalue weighted by Gasteiger charge is 2.11. The number of aliphatic imine (C=N–C) groups is 1. The highest BCUT2D eigenvalue weighted by atomic mass is 35.5. The minimum absolute atomic E-state index is 0.381. The number of nitrogens with zero attached hydrogens (tertiary/aromatic N) is 1. The Morgan fingerprint density at radius 1 is 1.30 bits per heavy atom. The van der Waals surface area contributed by atoms with Crippen LogP contribution in [-0.2, 0) is 0 Å². The van der Waals surface area contributed by atoms with E-state index in [1.54, 1.807) is 17.4 Å². The Labute approximate surface area is 150 Å². The maximum Gasteiger partial charge on any atom is 0.191 e. The van der Waals surface area contributed by atoms with E-state index in [-0.39, 0.29) is 0 Å². The standard InChI is InChI=1S/C16H22ClN3OS2/c1-3-18-16(19-9-11(2)13-5-4-8-22-13)20-10-12(21)14-6-7-15(17)23-14/h4-8,11-12,21H,3,9-10H2,1-2H3,(H2,18,19,20). The molecule has 0 aliphatic carbocycles. The first-order valence-corrected chi connectivity index (χ1v) is 9.66. The second-order valence-corrected chi connectivity index (χ2v) is 7.90. The van der Waals surface area contributed by atoms with Crippen LogP contribution in [0.25, 0.3) is 0 Å². The van der Waals surface area contributed by atoms with E-state index in [1.165, 1.54) is 16.2 Å². The van der Waals surface area contributed by atoms with Crippen LogP contribution in [0.15, 0.2) is 34.6 Å². The van der Waals surface area contributed by atoms with Crippen LogP contribution < -0.4 is 10.6 Å².